The molecule has 0 bridgehead atoms. The second-order valence-electron chi connectivity index (χ2n) is 5.50. The highest BCUT2D eigenvalue weighted by atomic mass is 15.0. The van der Waals surface area contributed by atoms with Crippen LogP contribution in [0.25, 0.3) is 0 Å². The van der Waals surface area contributed by atoms with Gasteiger partial charge in [-0.2, -0.15) is 0 Å². The number of nitrogens with zero attached hydrogens (tertiary/aromatic N) is 1. The van der Waals surface area contributed by atoms with Gasteiger partial charge in [-0.3, -0.25) is 4.98 Å². The van der Waals surface area contributed by atoms with Crippen molar-refractivity contribution in [2.45, 2.75) is 38.6 Å². The first-order valence-corrected chi connectivity index (χ1v) is 6.98. The summed E-state index contributed by atoms with van der Waals surface area (Å²) in [6.45, 7) is 6.74. The molecule has 0 spiro atoms. The van der Waals surface area contributed by atoms with Crippen LogP contribution in [0, 0.1) is 0 Å². The van der Waals surface area contributed by atoms with Crippen LogP contribution in [0.15, 0.2) is 42.6 Å². The lowest BCUT2D eigenvalue weighted by Gasteiger charge is -2.29. The Morgan fingerprint density at radius 2 is 2.05 bits per heavy atom. The molecule has 1 aromatic heterocycles. The van der Waals surface area contributed by atoms with Crippen LogP contribution in [-0.2, 0) is 12.0 Å². The highest BCUT2D eigenvalue weighted by Gasteiger charge is 2.42. The van der Waals surface area contributed by atoms with Gasteiger partial charge in [-0.15, -0.1) is 0 Å². The summed E-state index contributed by atoms with van der Waals surface area (Å²) in [5.74, 6) is 0.420. The third kappa shape index (κ3) is 1.74. The molecule has 0 radical (unpaired) electrons. The molecule has 19 heavy (non-hydrogen) atoms. The fraction of sp³-hybridized carbons (Fsp3) is 0.353. The molecule has 1 aliphatic rings. The number of rotatable bonds is 2. The lowest BCUT2D eigenvalue weighted by molar-refractivity contribution is 0.466. The number of para-hydroxylation sites is 1. The van der Waals surface area contributed by atoms with Gasteiger partial charge in [-0.1, -0.05) is 38.1 Å². The first-order chi connectivity index (χ1) is 9.16. The molecule has 2 heterocycles. The molecule has 0 amide bonds. The second kappa shape index (κ2) is 4.37. The van der Waals surface area contributed by atoms with E-state index in [1.54, 1.807) is 0 Å². The Bertz CT molecular complexity index is 591. The molecule has 0 unspecified atom stereocenters. The summed E-state index contributed by atoms with van der Waals surface area (Å²) in [5, 5.41) is 3.73. The van der Waals surface area contributed by atoms with Crippen LogP contribution in [0.5, 0.6) is 0 Å². The molecule has 0 saturated heterocycles. The van der Waals surface area contributed by atoms with E-state index in [0.717, 1.165) is 12.1 Å². The van der Waals surface area contributed by atoms with Crippen molar-refractivity contribution in [2.24, 2.45) is 0 Å². The summed E-state index contributed by atoms with van der Waals surface area (Å²) >= 11 is 0. The SMILES string of the molecule is CCc1cccc2c1N[C@](C)(c1ccccn1)[C@@H]2C. The van der Waals surface area contributed by atoms with Gasteiger partial charge >= 0.3 is 0 Å². The Morgan fingerprint density at radius 1 is 1.21 bits per heavy atom. The Kier molecular flexibility index (Phi) is 2.81. The van der Waals surface area contributed by atoms with Crippen LogP contribution in [0.4, 0.5) is 5.69 Å². The van der Waals surface area contributed by atoms with Crippen molar-refractivity contribution in [1.29, 1.82) is 0 Å². The van der Waals surface area contributed by atoms with Gasteiger partial charge < -0.3 is 5.32 Å². The lowest BCUT2D eigenvalue weighted by Crippen LogP contribution is -2.33. The van der Waals surface area contributed by atoms with E-state index in [4.69, 9.17) is 0 Å². The first-order valence-electron chi connectivity index (χ1n) is 6.98. The molecule has 3 rings (SSSR count). The number of pyridine rings is 1. The van der Waals surface area contributed by atoms with Gasteiger partial charge in [-0.05, 0) is 36.6 Å². The van der Waals surface area contributed by atoms with Crippen LogP contribution in [0.3, 0.4) is 0 Å². The molecule has 0 fully saturated rings. The van der Waals surface area contributed by atoms with Crippen LogP contribution in [0.2, 0.25) is 0 Å². The predicted octanol–water partition coefficient (Wildman–Crippen LogP) is 4.09. The van der Waals surface area contributed by atoms with E-state index in [1.807, 2.05) is 12.3 Å². The Morgan fingerprint density at radius 3 is 2.74 bits per heavy atom. The number of anilines is 1. The minimum atomic E-state index is -0.116. The average Bonchev–Trinajstić information content (AvgIpc) is 2.73. The highest BCUT2D eigenvalue weighted by Crippen LogP contribution is 2.48. The zero-order valence-corrected chi connectivity index (χ0v) is 11.8. The van der Waals surface area contributed by atoms with E-state index in [1.165, 1.54) is 16.8 Å². The van der Waals surface area contributed by atoms with E-state index in [0.29, 0.717) is 5.92 Å². The quantitative estimate of drug-likeness (QED) is 0.870. The van der Waals surface area contributed by atoms with Gasteiger partial charge in [0, 0.05) is 17.8 Å². The summed E-state index contributed by atoms with van der Waals surface area (Å²) in [5.41, 5.74) is 5.11. The van der Waals surface area contributed by atoms with Crippen molar-refractivity contribution in [1.82, 2.24) is 4.98 Å². The monoisotopic (exact) mass is 252 g/mol. The van der Waals surface area contributed by atoms with E-state index in [2.05, 4.69) is 61.4 Å². The van der Waals surface area contributed by atoms with Crippen molar-refractivity contribution >= 4 is 5.69 Å². The summed E-state index contributed by atoms with van der Waals surface area (Å²) in [4.78, 5) is 4.56. The average molecular weight is 252 g/mol. The third-order valence-electron chi connectivity index (χ3n) is 4.48. The minimum absolute atomic E-state index is 0.116. The van der Waals surface area contributed by atoms with E-state index >= 15 is 0 Å². The molecular formula is C17H20N2. The Balaban J connectivity index is 2.10. The molecule has 2 aromatic rings. The zero-order chi connectivity index (χ0) is 13.5. The van der Waals surface area contributed by atoms with Gasteiger partial charge in [-0.25, -0.2) is 0 Å². The Hall–Kier alpha value is -1.83. The van der Waals surface area contributed by atoms with Crippen molar-refractivity contribution in [3.63, 3.8) is 0 Å². The van der Waals surface area contributed by atoms with Crippen LogP contribution in [-0.4, -0.2) is 4.98 Å². The molecule has 2 heteroatoms. The molecular weight excluding hydrogens is 232 g/mol. The number of aryl methyl sites for hydroxylation is 1. The zero-order valence-electron chi connectivity index (χ0n) is 11.8. The van der Waals surface area contributed by atoms with Crippen molar-refractivity contribution in [2.75, 3.05) is 5.32 Å². The largest absolute Gasteiger partial charge is 0.373 e. The third-order valence-corrected chi connectivity index (χ3v) is 4.48. The number of hydrogen-bond donors (Lipinski definition) is 1. The molecule has 1 aromatic carbocycles. The van der Waals surface area contributed by atoms with Crippen LogP contribution in [0.1, 0.15) is 43.5 Å². The molecule has 2 nitrogen and oxygen atoms in total. The first kappa shape index (κ1) is 12.2. The van der Waals surface area contributed by atoms with Gasteiger partial charge in [0.1, 0.15) is 0 Å². The smallest absolute Gasteiger partial charge is 0.0834 e. The number of benzene rings is 1. The molecule has 1 aliphatic heterocycles. The molecule has 98 valence electrons. The number of aromatic nitrogens is 1. The molecule has 1 N–H and O–H groups in total. The van der Waals surface area contributed by atoms with E-state index in [-0.39, 0.29) is 5.54 Å². The van der Waals surface area contributed by atoms with Crippen LogP contribution >= 0.6 is 0 Å². The predicted molar refractivity (Wildman–Crippen MR) is 79.4 cm³/mol. The van der Waals surface area contributed by atoms with Gasteiger partial charge in [0.25, 0.3) is 0 Å². The Labute approximate surface area is 114 Å². The molecule has 0 saturated carbocycles. The summed E-state index contributed by atoms with van der Waals surface area (Å²) in [7, 11) is 0. The fourth-order valence-electron chi connectivity index (χ4n) is 3.06. The maximum absolute atomic E-state index is 4.56. The molecule has 0 aliphatic carbocycles. The number of hydrogen-bond acceptors (Lipinski definition) is 2. The number of fused-ring (bicyclic) bond motifs is 1. The normalized spacial score (nSPS) is 24.9. The van der Waals surface area contributed by atoms with Gasteiger partial charge in [0.05, 0.1) is 11.2 Å². The summed E-state index contributed by atoms with van der Waals surface area (Å²) in [6, 6.07) is 12.8. The topological polar surface area (TPSA) is 24.9 Å². The fourth-order valence-corrected chi connectivity index (χ4v) is 3.06. The van der Waals surface area contributed by atoms with Crippen molar-refractivity contribution in [3.8, 4) is 0 Å². The van der Waals surface area contributed by atoms with E-state index in [9.17, 15) is 0 Å². The second-order valence-corrected chi connectivity index (χ2v) is 5.50. The highest BCUT2D eigenvalue weighted by molar-refractivity contribution is 5.66. The van der Waals surface area contributed by atoms with Crippen molar-refractivity contribution in [3.05, 3.63) is 59.4 Å². The number of nitrogens with one attached hydrogen (secondary N) is 1. The van der Waals surface area contributed by atoms with Gasteiger partial charge in [0.2, 0.25) is 0 Å². The van der Waals surface area contributed by atoms with E-state index < -0.39 is 0 Å². The lowest BCUT2D eigenvalue weighted by atomic mass is 9.83. The maximum Gasteiger partial charge on any atom is 0.0834 e. The van der Waals surface area contributed by atoms with Crippen LogP contribution < -0.4 is 5.32 Å². The van der Waals surface area contributed by atoms with Gasteiger partial charge in [0.15, 0.2) is 0 Å². The standard InChI is InChI=1S/C17H20N2/c1-4-13-8-7-9-14-12(2)17(3,19-16(13)14)15-10-5-6-11-18-15/h5-12,19H,4H2,1-3H3/t12-,17+/m1/s1. The summed E-state index contributed by atoms with van der Waals surface area (Å²) < 4.78 is 0. The molecule has 2 atom stereocenters. The summed E-state index contributed by atoms with van der Waals surface area (Å²) in [6.07, 6.45) is 2.93. The maximum atomic E-state index is 4.56. The van der Waals surface area contributed by atoms with Crippen molar-refractivity contribution < 1.29 is 0 Å². The minimum Gasteiger partial charge on any atom is -0.373 e.